The second-order valence-corrected chi connectivity index (χ2v) is 7.68. The number of fused-ring (bicyclic) bond motifs is 1. The van der Waals surface area contributed by atoms with Crippen LogP contribution >= 0.6 is 11.3 Å². The van der Waals surface area contributed by atoms with Gasteiger partial charge in [-0.1, -0.05) is 20.8 Å². The van der Waals surface area contributed by atoms with E-state index >= 15 is 0 Å². The van der Waals surface area contributed by atoms with E-state index in [2.05, 4.69) is 43.3 Å². The summed E-state index contributed by atoms with van der Waals surface area (Å²) in [7, 11) is 0. The topological polar surface area (TPSA) is 34.9 Å². The second-order valence-electron chi connectivity index (χ2n) is 6.75. The van der Waals surface area contributed by atoms with Crippen molar-refractivity contribution < 1.29 is 4.79 Å². The fourth-order valence-corrected chi connectivity index (χ4v) is 4.28. The van der Waals surface area contributed by atoms with E-state index in [4.69, 9.17) is 0 Å². The summed E-state index contributed by atoms with van der Waals surface area (Å²) in [6.07, 6.45) is 4.47. The number of aromatic nitrogens is 2. The van der Waals surface area contributed by atoms with E-state index in [1.807, 2.05) is 11.6 Å². The predicted octanol–water partition coefficient (Wildman–Crippen LogP) is 4.41. The fraction of sp³-hybridized carbons (Fsp3) is 0.529. The number of rotatable bonds is 3. The predicted molar refractivity (Wildman–Crippen MR) is 86.1 cm³/mol. The third-order valence-electron chi connectivity index (χ3n) is 4.36. The Morgan fingerprint density at radius 1 is 1.43 bits per heavy atom. The Bertz CT molecular complexity index is 667. The third-order valence-corrected chi connectivity index (χ3v) is 5.23. The van der Waals surface area contributed by atoms with Crippen LogP contribution in [0.25, 0.3) is 0 Å². The minimum Gasteiger partial charge on any atom is -0.338 e. The smallest absolute Gasteiger partial charge is 0.165 e. The van der Waals surface area contributed by atoms with Crippen molar-refractivity contribution in [2.24, 2.45) is 5.41 Å². The van der Waals surface area contributed by atoms with Crippen LogP contribution in [0.3, 0.4) is 0 Å². The summed E-state index contributed by atoms with van der Waals surface area (Å²) < 4.78 is 2.35. The van der Waals surface area contributed by atoms with Gasteiger partial charge in [-0.25, -0.2) is 4.98 Å². The van der Waals surface area contributed by atoms with Crippen LogP contribution in [0, 0.1) is 12.3 Å². The molecule has 0 N–H and O–H groups in total. The van der Waals surface area contributed by atoms with Crippen LogP contribution in [0.15, 0.2) is 17.6 Å². The van der Waals surface area contributed by atoms with Crippen LogP contribution in [0.1, 0.15) is 66.4 Å². The van der Waals surface area contributed by atoms with Gasteiger partial charge in [0, 0.05) is 34.9 Å². The average molecular weight is 302 g/mol. The van der Waals surface area contributed by atoms with Gasteiger partial charge in [0.2, 0.25) is 0 Å². The molecule has 4 heteroatoms. The minimum atomic E-state index is 0.0494. The van der Waals surface area contributed by atoms with Crippen LogP contribution < -0.4 is 0 Å². The molecule has 0 aromatic carbocycles. The lowest BCUT2D eigenvalue weighted by atomic mass is 9.76. The molecule has 112 valence electrons. The highest BCUT2D eigenvalue weighted by Gasteiger charge is 2.35. The molecular weight excluding hydrogens is 280 g/mol. The molecule has 2 aromatic rings. The van der Waals surface area contributed by atoms with Crippen molar-refractivity contribution in [3.05, 3.63) is 39.6 Å². The second kappa shape index (κ2) is 5.09. The lowest BCUT2D eigenvalue weighted by Crippen LogP contribution is -2.29. The Balaban J connectivity index is 2.14. The molecule has 0 saturated carbocycles. The molecule has 2 heterocycles. The Morgan fingerprint density at radius 2 is 2.19 bits per heavy atom. The van der Waals surface area contributed by atoms with E-state index in [0.717, 1.165) is 23.4 Å². The highest BCUT2D eigenvalue weighted by Crippen LogP contribution is 2.39. The van der Waals surface area contributed by atoms with Gasteiger partial charge in [-0.2, -0.15) is 0 Å². The molecule has 0 fully saturated rings. The van der Waals surface area contributed by atoms with Crippen LogP contribution in [0.5, 0.6) is 0 Å². The average Bonchev–Trinajstić information content (AvgIpc) is 3.00. The van der Waals surface area contributed by atoms with Gasteiger partial charge in [-0.3, -0.25) is 4.79 Å². The standard InChI is InChI=1S/C17H22N2OS/c1-5-13(16-18-6-7-21-16)19-11(2)8-12-14(19)9-17(3,4)10-15(12)20/h6-8,13H,5,9-10H2,1-4H3. The quantitative estimate of drug-likeness (QED) is 0.842. The Morgan fingerprint density at radius 3 is 2.81 bits per heavy atom. The molecule has 3 nitrogen and oxygen atoms in total. The Hall–Kier alpha value is -1.42. The summed E-state index contributed by atoms with van der Waals surface area (Å²) in [4.78, 5) is 16.9. The third kappa shape index (κ3) is 2.46. The fourth-order valence-electron chi connectivity index (χ4n) is 3.47. The number of ketones is 1. The number of aryl methyl sites for hydroxylation is 1. The summed E-state index contributed by atoms with van der Waals surface area (Å²) in [6, 6.07) is 2.32. The molecule has 0 bridgehead atoms. The molecule has 1 aliphatic carbocycles. The molecule has 0 aliphatic heterocycles. The zero-order valence-electron chi connectivity index (χ0n) is 13.1. The molecule has 1 unspecified atom stereocenters. The summed E-state index contributed by atoms with van der Waals surface area (Å²) in [5.74, 6) is 0.289. The molecule has 0 saturated heterocycles. The van der Waals surface area contributed by atoms with Crippen molar-refractivity contribution in [2.75, 3.05) is 0 Å². The van der Waals surface area contributed by atoms with Gasteiger partial charge in [0.1, 0.15) is 5.01 Å². The summed E-state index contributed by atoms with van der Waals surface area (Å²) in [5, 5.41) is 3.16. The van der Waals surface area contributed by atoms with Crippen molar-refractivity contribution in [3.8, 4) is 0 Å². The lowest BCUT2D eigenvalue weighted by molar-refractivity contribution is 0.0909. The number of hydrogen-bond acceptors (Lipinski definition) is 3. The first-order chi connectivity index (χ1) is 9.93. The molecule has 21 heavy (non-hydrogen) atoms. The van der Waals surface area contributed by atoms with E-state index < -0.39 is 0 Å². The van der Waals surface area contributed by atoms with Crippen LogP contribution in [-0.2, 0) is 6.42 Å². The Labute approximate surface area is 130 Å². The molecule has 3 rings (SSSR count). The van der Waals surface area contributed by atoms with Gasteiger partial charge in [0.25, 0.3) is 0 Å². The molecule has 0 radical (unpaired) electrons. The largest absolute Gasteiger partial charge is 0.338 e. The number of carbonyl (C=O) groups is 1. The van der Waals surface area contributed by atoms with Gasteiger partial charge >= 0.3 is 0 Å². The van der Waals surface area contributed by atoms with E-state index in [-0.39, 0.29) is 17.2 Å². The van der Waals surface area contributed by atoms with Gasteiger partial charge in [0.15, 0.2) is 5.78 Å². The normalized spacial score (nSPS) is 18.6. The van der Waals surface area contributed by atoms with Crippen molar-refractivity contribution >= 4 is 17.1 Å². The zero-order chi connectivity index (χ0) is 15.2. The number of thiazole rings is 1. The number of Topliss-reactive ketones (excluding diaryl/α,β-unsaturated/α-hetero) is 1. The van der Waals surface area contributed by atoms with E-state index in [1.54, 1.807) is 11.3 Å². The maximum Gasteiger partial charge on any atom is 0.165 e. The number of hydrogen-bond donors (Lipinski definition) is 0. The van der Waals surface area contributed by atoms with Gasteiger partial charge < -0.3 is 4.57 Å². The van der Waals surface area contributed by atoms with Gasteiger partial charge in [0.05, 0.1) is 6.04 Å². The van der Waals surface area contributed by atoms with Crippen LogP contribution in [0.2, 0.25) is 0 Å². The monoisotopic (exact) mass is 302 g/mol. The lowest BCUT2D eigenvalue weighted by Gasteiger charge is -2.31. The maximum absolute atomic E-state index is 12.4. The molecule has 0 spiro atoms. The summed E-state index contributed by atoms with van der Waals surface area (Å²) in [6.45, 7) is 8.66. The van der Waals surface area contributed by atoms with Crippen molar-refractivity contribution in [2.45, 2.75) is 53.0 Å². The first kappa shape index (κ1) is 14.5. The van der Waals surface area contributed by atoms with Gasteiger partial charge in [-0.05, 0) is 31.2 Å². The van der Waals surface area contributed by atoms with E-state index in [9.17, 15) is 4.79 Å². The molecule has 1 aliphatic rings. The minimum absolute atomic E-state index is 0.0494. The molecule has 1 atom stereocenters. The first-order valence-corrected chi connectivity index (χ1v) is 8.44. The maximum atomic E-state index is 12.4. The molecule has 2 aromatic heterocycles. The van der Waals surface area contributed by atoms with Gasteiger partial charge in [-0.15, -0.1) is 11.3 Å². The molecule has 0 amide bonds. The highest BCUT2D eigenvalue weighted by atomic mass is 32.1. The number of carbonyl (C=O) groups excluding carboxylic acids is 1. The van der Waals surface area contributed by atoms with Crippen LogP contribution in [0.4, 0.5) is 0 Å². The zero-order valence-corrected chi connectivity index (χ0v) is 14.0. The number of nitrogens with zero attached hydrogens (tertiary/aromatic N) is 2. The Kier molecular flexibility index (Phi) is 3.52. The first-order valence-electron chi connectivity index (χ1n) is 7.56. The SMILES string of the molecule is CCC(c1nccs1)n1c(C)cc2c1CC(C)(C)CC2=O. The summed E-state index contributed by atoms with van der Waals surface area (Å²) >= 11 is 1.70. The summed E-state index contributed by atoms with van der Waals surface area (Å²) in [5.41, 5.74) is 3.36. The van der Waals surface area contributed by atoms with E-state index in [1.165, 1.54) is 11.4 Å². The highest BCUT2D eigenvalue weighted by molar-refractivity contribution is 7.09. The van der Waals surface area contributed by atoms with Crippen LogP contribution in [-0.4, -0.2) is 15.3 Å². The van der Waals surface area contributed by atoms with Crippen molar-refractivity contribution in [1.29, 1.82) is 0 Å². The van der Waals surface area contributed by atoms with E-state index in [0.29, 0.717) is 6.42 Å². The van der Waals surface area contributed by atoms with Crippen molar-refractivity contribution in [3.63, 3.8) is 0 Å². The molecular formula is C17H22N2OS. The van der Waals surface area contributed by atoms with Crippen molar-refractivity contribution in [1.82, 2.24) is 9.55 Å².